The molecule has 2 nitrogen and oxygen atoms in total. The average molecular weight is 170 g/mol. The van der Waals surface area contributed by atoms with Gasteiger partial charge in [0.2, 0.25) is 0 Å². The van der Waals surface area contributed by atoms with Gasteiger partial charge < -0.3 is 10.6 Å². The zero-order chi connectivity index (χ0) is 9.03. The Morgan fingerprint density at radius 3 is 2.42 bits per heavy atom. The first-order valence-corrected chi connectivity index (χ1v) is 4.99. The van der Waals surface area contributed by atoms with Crippen LogP contribution >= 0.6 is 0 Å². The Kier molecular flexibility index (Phi) is 3.53. The Hall–Kier alpha value is -0.0800. The molecule has 2 N–H and O–H groups in total. The predicted molar refractivity (Wildman–Crippen MR) is 53.3 cm³/mol. The second-order valence-corrected chi connectivity index (χ2v) is 5.04. The van der Waals surface area contributed by atoms with Gasteiger partial charge in [-0.3, -0.25) is 0 Å². The molecule has 0 amide bonds. The van der Waals surface area contributed by atoms with Crippen molar-refractivity contribution in [1.29, 1.82) is 0 Å². The largest absolute Gasteiger partial charge is 0.316 e. The molecule has 0 saturated carbocycles. The zero-order valence-electron chi connectivity index (χ0n) is 8.61. The van der Waals surface area contributed by atoms with E-state index >= 15 is 0 Å². The summed E-state index contributed by atoms with van der Waals surface area (Å²) >= 11 is 0. The van der Waals surface area contributed by atoms with E-state index in [-0.39, 0.29) is 0 Å². The SMILES string of the molecule is CC(C)(C)CCNCC1CNC1. The first-order chi connectivity index (χ1) is 5.58. The van der Waals surface area contributed by atoms with Crippen LogP contribution in [0.25, 0.3) is 0 Å². The fraction of sp³-hybridized carbons (Fsp3) is 1.00. The summed E-state index contributed by atoms with van der Waals surface area (Å²) in [7, 11) is 0. The number of hydrogen-bond donors (Lipinski definition) is 2. The lowest BCUT2D eigenvalue weighted by Gasteiger charge is -2.28. The van der Waals surface area contributed by atoms with Gasteiger partial charge in [0.15, 0.2) is 0 Å². The maximum Gasteiger partial charge on any atom is 0.000394 e. The van der Waals surface area contributed by atoms with Crippen molar-refractivity contribution in [3.8, 4) is 0 Å². The summed E-state index contributed by atoms with van der Waals surface area (Å²) in [5.41, 5.74) is 0.477. The third kappa shape index (κ3) is 4.07. The van der Waals surface area contributed by atoms with Gasteiger partial charge in [-0.1, -0.05) is 20.8 Å². The van der Waals surface area contributed by atoms with E-state index in [1.54, 1.807) is 0 Å². The smallest absolute Gasteiger partial charge is 0.000394 e. The number of hydrogen-bond acceptors (Lipinski definition) is 2. The molecule has 0 radical (unpaired) electrons. The van der Waals surface area contributed by atoms with Crippen LogP contribution in [0.4, 0.5) is 0 Å². The Balaban J connectivity index is 1.88. The van der Waals surface area contributed by atoms with E-state index in [1.807, 2.05) is 0 Å². The lowest BCUT2D eigenvalue weighted by Crippen LogP contribution is -2.47. The molecule has 0 aromatic rings. The average Bonchev–Trinajstić information content (AvgIpc) is 1.80. The molecule has 1 heterocycles. The van der Waals surface area contributed by atoms with Gasteiger partial charge in [0, 0.05) is 19.6 Å². The minimum absolute atomic E-state index is 0.477. The highest BCUT2D eigenvalue weighted by Gasteiger charge is 2.16. The van der Waals surface area contributed by atoms with Crippen LogP contribution in [0.2, 0.25) is 0 Å². The molecule has 2 heteroatoms. The third-order valence-electron chi connectivity index (χ3n) is 2.35. The van der Waals surface area contributed by atoms with Crippen LogP contribution in [-0.2, 0) is 0 Å². The summed E-state index contributed by atoms with van der Waals surface area (Å²) in [4.78, 5) is 0. The topological polar surface area (TPSA) is 24.1 Å². The summed E-state index contributed by atoms with van der Waals surface area (Å²) in [5, 5.41) is 6.78. The molecule has 0 aliphatic carbocycles. The molecule has 1 fully saturated rings. The highest BCUT2D eigenvalue weighted by atomic mass is 15.0. The molecule has 1 rings (SSSR count). The van der Waals surface area contributed by atoms with Crippen LogP contribution in [0.3, 0.4) is 0 Å². The molecule has 72 valence electrons. The van der Waals surface area contributed by atoms with Crippen LogP contribution in [0, 0.1) is 11.3 Å². The molecular weight excluding hydrogens is 148 g/mol. The van der Waals surface area contributed by atoms with Crippen LogP contribution < -0.4 is 10.6 Å². The molecule has 0 aromatic carbocycles. The van der Waals surface area contributed by atoms with Crippen molar-refractivity contribution in [1.82, 2.24) is 10.6 Å². The van der Waals surface area contributed by atoms with E-state index in [4.69, 9.17) is 0 Å². The van der Waals surface area contributed by atoms with Gasteiger partial charge in [-0.15, -0.1) is 0 Å². The van der Waals surface area contributed by atoms with E-state index in [2.05, 4.69) is 31.4 Å². The lowest BCUT2D eigenvalue weighted by molar-refractivity contribution is 0.313. The van der Waals surface area contributed by atoms with Crippen LogP contribution in [0.15, 0.2) is 0 Å². The van der Waals surface area contributed by atoms with Crippen LogP contribution in [0.1, 0.15) is 27.2 Å². The Morgan fingerprint density at radius 1 is 1.33 bits per heavy atom. The van der Waals surface area contributed by atoms with Gasteiger partial charge in [0.05, 0.1) is 0 Å². The standard InChI is InChI=1S/C10H22N2/c1-10(2,3)4-5-11-6-9-7-12-8-9/h9,11-12H,4-8H2,1-3H3. The Labute approximate surface area is 76.1 Å². The molecule has 1 aliphatic rings. The molecular formula is C10H22N2. The first-order valence-electron chi connectivity index (χ1n) is 4.99. The first kappa shape index (κ1) is 10.0. The second-order valence-electron chi connectivity index (χ2n) is 5.04. The van der Waals surface area contributed by atoms with Gasteiger partial charge in [0.25, 0.3) is 0 Å². The van der Waals surface area contributed by atoms with Gasteiger partial charge >= 0.3 is 0 Å². The molecule has 0 unspecified atom stereocenters. The van der Waals surface area contributed by atoms with Crippen molar-refractivity contribution in [3.05, 3.63) is 0 Å². The summed E-state index contributed by atoms with van der Waals surface area (Å²) in [5.74, 6) is 0.893. The van der Waals surface area contributed by atoms with Crippen molar-refractivity contribution in [2.75, 3.05) is 26.2 Å². The van der Waals surface area contributed by atoms with Crippen LogP contribution in [-0.4, -0.2) is 26.2 Å². The van der Waals surface area contributed by atoms with Gasteiger partial charge in [-0.2, -0.15) is 0 Å². The zero-order valence-corrected chi connectivity index (χ0v) is 8.61. The fourth-order valence-electron chi connectivity index (χ4n) is 1.26. The Bertz CT molecular complexity index is 122. The lowest BCUT2D eigenvalue weighted by atomic mass is 9.92. The maximum atomic E-state index is 3.50. The molecule has 0 spiro atoms. The summed E-state index contributed by atoms with van der Waals surface area (Å²) < 4.78 is 0. The fourth-order valence-corrected chi connectivity index (χ4v) is 1.26. The Morgan fingerprint density at radius 2 is 2.00 bits per heavy atom. The molecule has 0 atom stereocenters. The molecule has 0 aromatic heterocycles. The van der Waals surface area contributed by atoms with E-state index in [9.17, 15) is 0 Å². The minimum atomic E-state index is 0.477. The summed E-state index contributed by atoms with van der Waals surface area (Å²) in [6, 6.07) is 0. The van der Waals surface area contributed by atoms with E-state index in [0.29, 0.717) is 5.41 Å². The summed E-state index contributed by atoms with van der Waals surface area (Å²) in [6.07, 6.45) is 1.27. The molecule has 1 aliphatic heterocycles. The van der Waals surface area contributed by atoms with E-state index in [1.165, 1.54) is 32.6 Å². The van der Waals surface area contributed by atoms with Crippen molar-refractivity contribution in [2.24, 2.45) is 11.3 Å². The van der Waals surface area contributed by atoms with E-state index < -0.39 is 0 Å². The highest BCUT2D eigenvalue weighted by molar-refractivity contribution is 4.76. The normalized spacial score (nSPS) is 19.2. The van der Waals surface area contributed by atoms with Gasteiger partial charge in [-0.05, 0) is 24.3 Å². The third-order valence-corrected chi connectivity index (χ3v) is 2.35. The quantitative estimate of drug-likeness (QED) is 0.620. The predicted octanol–water partition coefficient (Wildman–Crippen LogP) is 1.23. The maximum absolute atomic E-state index is 3.50. The highest BCUT2D eigenvalue weighted by Crippen LogP contribution is 2.16. The van der Waals surface area contributed by atoms with E-state index in [0.717, 1.165) is 5.92 Å². The van der Waals surface area contributed by atoms with Crippen molar-refractivity contribution >= 4 is 0 Å². The second kappa shape index (κ2) is 4.24. The molecule has 0 bridgehead atoms. The molecule has 1 saturated heterocycles. The van der Waals surface area contributed by atoms with Crippen LogP contribution in [0.5, 0.6) is 0 Å². The van der Waals surface area contributed by atoms with Crippen molar-refractivity contribution in [2.45, 2.75) is 27.2 Å². The van der Waals surface area contributed by atoms with Crippen molar-refractivity contribution < 1.29 is 0 Å². The van der Waals surface area contributed by atoms with Gasteiger partial charge in [-0.25, -0.2) is 0 Å². The summed E-state index contributed by atoms with van der Waals surface area (Å²) in [6.45, 7) is 11.7. The minimum Gasteiger partial charge on any atom is -0.316 e. The molecule has 12 heavy (non-hydrogen) atoms. The number of rotatable bonds is 4. The number of nitrogens with one attached hydrogen (secondary N) is 2. The van der Waals surface area contributed by atoms with Crippen molar-refractivity contribution in [3.63, 3.8) is 0 Å². The van der Waals surface area contributed by atoms with Gasteiger partial charge in [0.1, 0.15) is 0 Å². The monoisotopic (exact) mass is 170 g/mol.